The Morgan fingerprint density at radius 1 is 1.13 bits per heavy atom. The molecule has 0 saturated carbocycles. The number of imide groups is 1. The first-order chi connectivity index (χ1) is 14.6. The molecular weight excluding hydrogens is 388 g/mol. The van der Waals surface area contributed by atoms with Gasteiger partial charge in [0.1, 0.15) is 17.6 Å². The first-order valence-electron chi connectivity index (χ1n) is 9.87. The van der Waals surface area contributed by atoms with E-state index in [4.69, 9.17) is 9.15 Å². The molecule has 2 fully saturated rings. The molecule has 0 radical (unpaired) electrons. The number of carbonyl (C=O) groups is 3. The van der Waals surface area contributed by atoms with Gasteiger partial charge in [-0.15, -0.1) is 0 Å². The molecule has 0 aliphatic carbocycles. The summed E-state index contributed by atoms with van der Waals surface area (Å²) in [4.78, 5) is 42.5. The molecule has 4 rings (SSSR count). The summed E-state index contributed by atoms with van der Waals surface area (Å²) in [6.45, 7) is 2.48. The van der Waals surface area contributed by atoms with Crippen molar-refractivity contribution < 1.29 is 23.5 Å². The molecule has 0 bridgehead atoms. The van der Waals surface area contributed by atoms with Crippen LogP contribution in [0.4, 0.5) is 10.5 Å². The number of methoxy groups -OCH3 is 1. The predicted molar refractivity (Wildman–Crippen MR) is 108 cm³/mol. The molecule has 9 heteroatoms. The number of carbonyl (C=O) groups excluding carboxylic acids is 3. The number of rotatable bonds is 6. The highest BCUT2D eigenvalue weighted by atomic mass is 16.5. The van der Waals surface area contributed by atoms with Gasteiger partial charge in [-0.25, -0.2) is 4.79 Å². The fourth-order valence-electron chi connectivity index (χ4n) is 3.81. The van der Waals surface area contributed by atoms with E-state index in [1.165, 1.54) is 6.26 Å². The lowest BCUT2D eigenvalue weighted by Gasteiger charge is -2.36. The summed E-state index contributed by atoms with van der Waals surface area (Å²) < 4.78 is 10.6. The molecule has 1 aromatic heterocycles. The molecule has 9 nitrogen and oxygen atoms in total. The van der Waals surface area contributed by atoms with Gasteiger partial charge in [0.05, 0.1) is 32.0 Å². The largest absolute Gasteiger partial charge is 0.495 e. The maximum Gasteiger partial charge on any atom is 0.325 e. The topological polar surface area (TPSA) is 95.3 Å². The van der Waals surface area contributed by atoms with Gasteiger partial charge in [0, 0.05) is 26.2 Å². The van der Waals surface area contributed by atoms with Crippen LogP contribution >= 0.6 is 0 Å². The van der Waals surface area contributed by atoms with E-state index >= 15 is 0 Å². The van der Waals surface area contributed by atoms with E-state index in [2.05, 4.69) is 10.2 Å². The van der Waals surface area contributed by atoms with E-state index < -0.39 is 18.0 Å². The van der Waals surface area contributed by atoms with Gasteiger partial charge in [-0.05, 0) is 24.3 Å². The number of amides is 4. The number of para-hydroxylation sites is 2. The number of ether oxygens (including phenoxy) is 1. The van der Waals surface area contributed by atoms with Crippen molar-refractivity contribution in [3.63, 3.8) is 0 Å². The molecule has 2 aliphatic heterocycles. The molecule has 1 N–H and O–H groups in total. The number of hydrogen-bond acceptors (Lipinski definition) is 6. The molecule has 30 heavy (non-hydrogen) atoms. The SMILES string of the molecule is COc1ccccc1N1CCN(C(=O)CC2NC(=O)N(Cc3ccco3)C2=O)CC1. The van der Waals surface area contributed by atoms with Crippen LogP contribution in [0.5, 0.6) is 5.75 Å². The Bertz CT molecular complexity index is 921. The second kappa shape index (κ2) is 8.48. The summed E-state index contributed by atoms with van der Waals surface area (Å²) in [5, 5.41) is 2.61. The number of furan rings is 1. The fraction of sp³-hybridized carbons (Fsp3) is 0.381. The zero-order valence-corrected chi connectivity index (χ0v) is 16.7. The molecule has 0 spiro atoms. The van der Waals surface area contributed by atoms with E-state index in [0.717, 1.165) is 16.3 Å². The van der Waals surface area contributed by atoms with Crippen LogP contribution in [0.25, 0.3) is 0 Å². The minimum atomic E-state index is -0.841. The molecule has 1 unspecified atom stereocenters. The van der Waals surface area contributed by atoms with Gasteiger partial charge in [-0.3, -0.25) is 14.5 Å². The average Bonchev–Trinajstić information content (AvgIpc) is 3.38. The number of piperazine rings is 1. The molecule has 1 aromatic carbocycles. The van der Waals surface area contributed by atoms with Crippen LogP contribution in [-0.4, -0.2) is 67.0 Å². The molecular formula is C21H24N4O5. The molecule has 1 atom stereocenters. The van der Waals surface area contributed by atoms with Gasteiger partial charge in [-0.1, -0.05) is 12.1 Å². The summed E-state index contributed by atoms with van der Waals surface area (Å²) in [7, 11) is 1.64. The van der Waals surface area contributed by atoms with Gasteiger partial charge in [0.2, 0.25) is 5.91 Å². The van der Waals surface area contributed by atoms with Gasteiger partial charge >= 0.3 is 6.03 Å². The van der Waals surface area contributed by atoms with Crippen molar-refractivity contribution >= 4 is 23.5 Å². The van der Waals surface area contributed by atoms with Crippen molar-refractivity contribution in [1.82, 2.24) is 15.1 Å². The third kappa shape index (κ3) is 3.96. The lowest BCUT2D eigenvalue weighted by Crippen LogP contribution is -2.50. The van der Waals surface area contributed by atoms with Crippen LogP contribution in [0.1, 0.15) is 12.2 Å². The summed E-state index contributed by atoms with van der Waals surface area (Å²) in [5.74, 6) is 0.761. The van der Waals surface area contributed by atoms with Crippen LogP contribution in [0.3, 0.4) is 0 Å². The molecule has 4 amide bonds. The van der Waals surface area contributed by atoms with E-state index in [-0.39, 0.29) is 18.9 Å². The first-order valence-corrected chi connectivity index (χ1v) is 9.87. The summed E-state index contributed by atoms with van der Waals surface area (Å²) in [5.41, 5.74) is 0.999. The number of benzene rings is 1. The maximum atomic E-state index is 12.7. The monoisotopic (exact) mass is 412 g/mol. The highest BCUT2D eigenvalue weighted by molar-refractivity contribution is 6.05. The van der Waals surface area contributed by atoms with E-state index in [1.54, 1.807) is 24.1 Å². The highest BCUT2D eigenvalue weighted by Crippen LogP contribution is 2.28. The summed E-state index contributed by atoms with van der Waals surface area (Å²) in [6, 6.07) is 9.83. The number of anilines is 1. The Kier molecular flexibility index (Phi) is 5.60. The fourth-order valence-corrected chi connectivity index (χ4v) is 3.81. The number of nitrogens with zero attached hydrogens (tertiary/aromatic N) is 3. The number of nitrogens with one attached hydrogen (secondary N) is 1. The Hall–Kier alpha value is -3.49. The van der Waals surface area contributed by atoms with Gasteiger partial charge in [0.25, 0.3) is 5.91 Å². The van der Waals surface area contributed by atoms with Crippen molar-refractivity contribution in [2.45, 2.75) is 19.0 Å². The average molecular weight is 412 g/mol. The lowest BCUT2D eigenvalue weighted by atomic mass is 10.1. The van der Waals surface area contributed by atoms with Crippen molar-refractivity contribution in [2.24, 2.45) is 0 Å². The Morgan fingerprint density at radius 2 is 1.90 bits per heavy atom. The van der Waals surface area contributed by atoms with Gasteiger partial charge < -0.3 is 24.3 Å². The number of hydrogen-bond donors (Lipinski definition) is 1. The standard InChI is InChI=1S/C21H24N4O5/c1-29-18-7-3-2-6-17(18)23-8-10-24(11-9-23)19(26)13-16-20(27)25(21(28)22-16)14-15-5-4-12-30-15/h2-7,12,16H,8-11,13-14H2,1H3,(H,22,28). The third-order valence-electron chi connectivity index (χ3n) is 5.44. The van der Waals surface area contributed by atoms with Gasteiger partial charge in [-0.2, -0.15) is 0 Å². The van der Waals surface area contributed by atoms with Crippen LogP contribution in [0, 0.1) is 0 Å². The van der Waals surface area contributed by atoms with Crippen LogP contribution < -0.4 is 15.0 Å². The van der Waals surface area contributed by atoms with E-state index in [1.807, 2.05) is 24.3 Å². The molecule has 2 aliphatic rings. The third-order valence-corrected chi connectivity index (χ3v) is 5.44. The maximum absolute atomic E-state index is 12.7. The van der Waals surface area contributed by atoms with E-state index in [9.17, 15) is 14.4 Å². The van der Waals surface area contributed by atoms with Crippen LogP contribution in [0.2, 0.25) is 0 Å². The minimum Gasteiger partial charge on any atom is -0.495 e. The smallest absolute Gasteiger partial charge is 0.325 e. The molecule has 2 saturated heterocycles. The predicted octanol–water partition coefficient (Wildman–Crippen LogP) is 1.45. The zero-order chi connectivity index (χ0) is 21.1. The second-order valence-corrected chi connectivity index (χ2v) is 7.25. The first kappa shape index (κ1) is 19.8. The zero-order valence-electron chi connectivity index (χ0n) is 16.7. The van der Waals surface area contributed by atoms with E-state index in [0.29, 0.717) is 31.9 Å². The van der Waals surface area contributed by atoms with Crippen LogP contribution in [-0.2, 0) is 16.1 Å². The van der Waals surface area contributed by atoms with Gasteiger partial charge in [0.15, 0.2) is 0 Å². The molecule has 158 valence electrons. The van der Waals surface area contributed by atoms with Crippen molar-refractivity contribution in [3.05, 3.63) is 48.4 Å². The van der Waals surface area contributed by atoms with Crippen molar-refractivity contribution in [2.75, 3.05) is 38.2 Å². The normalized spacial score (nSPS) is 19.2. The second-order valence-electron chi connectivity index (χ2n) is 7.25. The summed E-state index contributed by atoms with van der Waals surface area (Å²) in [6.07, 6.45) is 1.44. The Morgan fingerprint density at radius 3 is 2.60 bits per heavy atom. The minimum absolute atomic E-state index is 0.0477. The Balaban J connectivity index is 1.32. The quantitative estimate of drug-likeness (QED) is 0.722. The Labute approximate surface area is 174 Å². The molecule has 2 aromatic rings. The van der Waals surface area contributed by atoms with Crippen molar-refractivity contribution in [1.29, 1.82) is 0 Å². The number of urea groups is 1. The van der Waals surface area contributed by atoms with Crippen molar-refractivity contribution in [3.8, 4) is 5.75 Å². The highest BCUT2D eigenvalue weighted by Gasteiger charge is 2.40. The molecule has 3 heterocycles. The van der Waals surface area contributed by atoms with Crippen LogP contribution in [0.15, 0.2) is 47.1 Å². The summed E-state index contributed by atoms with van der Waals surface area (Å²) >= 11 is 0. The lowest BCUT2D eigenvalue weighted by molar-refractivity contribution is -0.136.